The van der Waals surface area contributed by atoms with Crippen molar-refractivity contribution in [1.29, 1.82) is 0 Å². The minimum Gasteiger partial charge on any atom is -0.457 e. The summed E-state index contributed by atoms with van der Waals surface area (Å²) >= 11 is 0. The zero-order valence-electron chi connectivity index (χ0n) is 30.3. The van der Waals surface area contributed by atoms with Crippen molar-refractivity contribution in [3.05, 3.63) is 222 Å². The van der Waals surface area contributed by atoms with Crippen molar-refractivity contribution in [2.75, 3.05) is 0 Å². The summed E-state index contributed by atoms with van der Waals surface area (Å²) in [5.74, 6) is 3.54. The topological polar surface area (TPSA) is 47.9 Å². The van der Waals surface area contributed by atoms with E-state index in [1.807, 2.05) is 36.4 Å². The highest BCUT2D eigenvalue weighted by molar-refractivity contribution is 5.97. The second-order valence-corrected chi connectivity index (χ2v) is 14.3. The molecule has 4 nitrogen and oxygen atoms in total. The maximum atomic E-state index is 6.76. The molecule has 1 aromatic heterocycles. The number of ether oxygens (including phenoxy) is 1. The quantitative estimate of drug-likeness (QED) is 0.178. The highest BCUT2D eigenvalue weighted by Crippen LogP contribution is 2.65. The van der Waals surface area contributed by atoms with E-state index in [2.05, 4.69) is 164 Å². The lowest BCUT2D eigenvalue weighted by Crippen LogP contribution is -2.33. The molecule has 2 heterocycles. The summed E-state index contributed by atoms with van der Waals surface area (Å²) in [6, 6.07) is 70.2. The van der Waals surface area contributed by atoms with Crippen molar-refractivity contribution in [1.82, 2.24) is 15.0 Å². The van der Waals surface area contributed by atoms with Crippen molar-refractivity contribution in [2.45, 2.75) is 5.41 Å². The van der Waals surface area contributed by atoms with Crippen molar-refractivity contribution in [3.8, 4) is 79.0 Å². The molecule has 0 radical (unpaired) electrons. The summed E-state index contributed by atoms with van der Waals surface area (Å²) in [6.07, 6.45) is 0. The first-order valence-electron chi connectivity index (χ1n) is 18.9. The minimum atomic E-state index is -0.770. The molecule has 2 aliphatic rings. The third-order valence-electron chi connectivity index (χ3n) is 11.2. The molecule has 0 saturated carbocycles. The van der Waals surface area contributed by atoms with Crippen LogP contribution < -0.4 is 4.74 Å². The van der Waals surface area contributed by atoms with Crippen LogP contribution in [0.1, 0.15) is 22.3 Å². The number of aromatic nitrogens is 3. The Morgan fingerprint density at radius 1 is 0.286 bits per heavy atom. The molecular formula is C52H33N3O. The maximum absolute atomic E-state index is 6.76. The van der Waals surface area contributed by atoms with Crippen molar-refractivity contribution in [2.24, 2.45) is 0 Å². The van der Waals surface area contributed by atoms with E-state index in [9.17, 15) is 0 Å². The van der Waals surface area contributed by atoms with E-state index in [4.69, 9.17) is 19.7 Å². The minimum absolute atomic E-state index is 0.622. The molecule has 0 unspecified atom stereocenters. The molecule has 1 aliphatic carbocycles. The monoisotopic (exact) mass is 715 g/mol. The van der Waals surface area contributed by atoms with Gasteiger partial charge in [0.1, 0.15) is 11.5 Å². The third kappa shape index (κ3) is 4.89. The average Bonchev–Trinajstić information content (AvgIpc) is 3.58. The summed E-state index contributed by atoms with van der Waals surface area (Å²) in [5.41, 5.74) is 13.6. The molecule has 1 spiro atoms. The zero-order valence-corrected chi connectivity index (χ0v) is 30.3. The van der Waals surface area contributed by atoms with Gasteiger partial charge in [-0.3, -0.25) is 0 Å². The lowest BCUT2D eigenvalue weighted by Gasteiger charge is -2.41. The van der Waals surface area contributed by atoms with Crippen LogP contribution in [0.15, 0.2) is 200 Å². The third-order valence-corrected chi connectivity index (χ3v) is 11.2. The van der Waals surface area contributed by atoms with E-state index in [0.717, 1.165) is 56.0 Å². The second-order valence-electron chi connectivity index (χ2n) is 14.3. The highest BCUT2D eigenvalue weighted by atomic mass is 16.5. The standard InChI is InChI=1S/C52H33N3O/c1-4-16-34(17-5-1)35-30-32-36(33-31-35)39-22-14-23-40-41-24-15-25-42(51-54-49(37-18-6-2-7-19-37)53-50(55-51)38-20-8-3-9-21-38)48(41)52(47(39)40)43-26-10-12-28-45(43)56-46-29-13-11-27-44(46)52/h1-33H. The Morgan fingerprint density at radius 2 is 0.679 bits per heavy atom. The summed E-state index contributed by atoms with van der Waals surface area (Å²) in [5, 5.41) is 0. The van der Waals surface area contributed by atoms with E-state index in [0.29, 0.717) is 17.5 Å². The van der Waals surface area contributed by atoms with E-state index in [-0.39, 0.29) is 0 Å². The van der Waals surface area contributed by atoms with Gasteiger partial charge < -0.3 is 4.74 Å². The van der Waals surface area contributed by atoms with Crippen LogP contribution in [0.4, 0.5) is 0 Å². The van der Waals surface area contributed by atoms with Gasteiger partial charge in [-0.05, 0) is 56.6 Å². The SMILES string of the molecule is c1ccc(-c2ccc(-c3cccc4c3C3(c5ccccc5Oc5ccccc53)c3c(-c5nc(-c6ccccc6)nc(-c6ccccc6)n5)cccc3-4)cc2)cc1. The molecule has 0 N–H and O–H groups in total. The summed E-state index contributed by atoms with van der Waals surface area (Å²) in [4.78, 5) is 15.6. The van der Waals surface area contributed by atoms with Crippen molar-refractivity contribution >= 4 is 0 Å². The van der Waals surface area contributed by atoms with Crippen LogP contribution in [-0.2, 0) is 5.41 Å². The zero-order chi connectivity index (χ0) is 37.1. The van der Waals surface area contributed by atoms with Gasteiger partial charge in [0.2, 0.25) is 0 Å². The number of nitrogens with zero attached hydrogens (tertiary/aromatic N) is 3. The Kier molecular flexibility index (Phi) is 7.36. The van der Waals surface area contributed by atoms with E-state index in [1.54, 1.807) is 0 Å². The van der Waals surface area contributed by atoms with E-state index >= 15 is 0 Å². The number of fused-ring (bicyclic) bond motifs is 9. The van der Waals surface area contributed by atoms with Gasteiger partial charge in [0.25, 0.3) is 0 Å². The van der Waals surface area contributed by atoms with Crippen LogP contribution in [0, 0.1) is 0 Å². The van der Waals surface area contributed by atoms with Gasteiger partial charge >= 0.3 is 0 Å². The Morgan fingerprint density at radius 3 is 1.23 bits per heavy atom. The maximum Gasteiger partial charge on any atom is 0.164 e. The summed E-state index contributed by atoms with van der Waals surface area (Å²) < 4.78 is 6.76. The number of hydrogen-bond donors (Lipinski definition) is 0. The van der Waals surface area contributed by atoms with Gasteiger partial charge in [-0.25, -0.2) is 15.0 Å². The fourth-order valence-corrected chi connectivity index (χ4v) is 8.85. The van der Waals surface area contributed by atoms with E-state index < -0.39 is 5.41 Å². The van der Waals surface area contributed by atoms with Crippen LogP contribution in [0.25, 0.3) is 67.5 Å². The molecule has 9 aromatic rings. The first-order valence-corrected chi connectivity index (χ1v) is 18.9. The first kappa shape index (κ1) is 32.0. The van der Waals surface area contributed by atoms with Gasteiger partial charge in [0, 0.05) is 27.8 Å². The molecule has 0 atom stereocenters. The predicted molar refractivity (Wildman–Crippen MR) is 224 cm³/mol. The molecule has 1 aliphatic heterocycles. The van der Waals surface area contributed by atoms with Gasteiger partial charge in [0.05, 0.1) is 5.41 Å². The van der Waals surface area contributed by atoms with Crippen LogP contribution in [0.2, 0.25) is 0 Å². The van der Waals surface area contributed by atoms with Crippen molar-refractivity contribution in [3.63, 3.8) is 0 Å². The number of para-hydroxylation sites is 2. The molecule has 0 bridgehead atoms. The number of rotatable bonds is 5. The van der Waals surface area contributed by atoms with Gasteiger partial charge in [-0.1, -0.05) is 188 Å². The smallest absolute Gasteiger partial charge is 0.164 e. The lowest BCUT2D eigenvalue weighted by atomic mass is 9.63. The molecule has 4 heteroatoms. The van der Waals surface area contributed by atoms with Crippen LogP contribution in [0.5, 0.6) is 11.5 Å². The number of benzene rings is 8. The fourth-order valence-electron chi connectivity index (χ4n) is 8.85. The average molecular weight is 716 g/mol. The van der Waals surface area contributed by atoms with Crippen LogP contribution >= 0.6 is 0 Å². The Hall–Kier alpha value is -7.43. The van der Waals surface area contributed by atoms with Gasteiger partial charge in [-0.2, -0.15) is 0 Å². The second kappa shape index (κ2) is 12.9. The molecule has 0 saturated heterocycles. The first-order chi connectivity index (χ1) is 27.8. The predicted octanol–water partition coefficient (Wildman–Crippen LogP) is 12.7. The fraction of sp³-hybridized carbons (Fsp3) is 0.0192. The van der Waals surface area contributed by atoms with Crippen LogP contribution in [-0.4, -0.2) is 15.0 Å². The molecule has 262 valence electrons. The molecule has 11 rings (SSSR count). The van der Waals surface area contributed by atoms with Gasteiger partial charge in [-0.15, -0.1) is 0 Å². The largest absolute Gasteiger partial charge is 0.457 e. The summed E-state index contributed by atoms with van der Waals surface area (Å²) in [7, 11) is 0. The van der Waals surface area contributed by atoms with Gasteiger partial charge in [0.15, 0.2) is 17.5 Å². The molecule has 8 aromatic carbocycles. The molecule has 0 fully saturated rings. The highest BCUT2D eigenvalue weighted by Gasteiger charge is 2.53. The summed E-state index contributed by atoms with van der Waals surface area (Å²) in [6.45, 7) is 0. The Labute approximate surface area is 325 Å². The van der Waals surface area contributed by atoms with Crippen molar-refractivity contribution < 1.29 is 4.74 Å². The molecule has 56 heavy (non-hydrogen) atoms. The van der Waals surface area contributed by atoms with E-state index in [1.165, 1.54) is 27.8 Å². The Balaban J connectivity index is 1.23. The Bertz CT molecular complexity index is 2820. The lowest BCUT2D eigenvalue weighted by molar-refractivity contribution is 0.436. The number of hydrogen-bond acceptors (Lipinski definition) is 4. The molecular weight excluding hydrogens is 683 g/mol. The van der Waals surface area contributed by atoms with Crippen LogP contribution in [0.3, 0.4) is 0 Å². The normalized spacial score (nSPS) is 12.9. The molecule has 0 amide bonds.